The summed E-state index contributed by atoms with van der Waals surface area (Å²) in [6.07, 6.45) is 0. The first-order valence-electron chi connectivity index (χ1n) is 5.20. The Morgan fingerprint density at radius 1 is 1.18 bits per heavy atom. The Balaban J connectivity index is 1.99. The van der Waals surface area contributed by atoms with Gasteiger partial charge in [0, 0.05) is 5.69 Å². The highest BCUT2D eigenvalue weighted by Crippen LogP contribution is 2.41. The molecule has 2 amide bonds. The summed E-state index contributed by atoms with van der Waals surface area (Å²) in [6, 6.07) is 7.30. The number of nitrogens with one attached hydrogen (secondary N) is 2. The number of carbonyl (C=O) groups excluding carboxylic acids is 2. The molecule has 0 saturated carbocycles. The molecule has 2 aliphatic rings. The van der Waals surface area contributed by atoms with Crippen LogP contribution < -0.4 is 10.6 Å². The Kier molecular flexibility index (Phi) is 2.34. The molecule has 1 aromatic carbocycles. The minimum Gasteiger partial charge on any atom is -0.365 e. The van der Waals surface area contributed by atoms with Crippen molar-refractivity contribution in [3.63, 3.8) is 0 Å². The third kappa shape index (κ3) is 1.60. The van der Waals surface area contributed by atoms with Gasteiger partial charge in [-0.05, 0) is 11.6 Å². The maximum Gasteiger partial charge on any atom is 0.237 e. The monoisotopic (exact) mass is 250 g/mol. The molecule has 3 unspecified atom stereocenters. The van der Waals surface area contributed by atoms with E-state index in [-0.39, 0.29) is 11.8 Å². The van der Waals surface area contributed by atoms with Crippen molar-refractivity contribution in [1.82, 2.24) is 5.32 Å². The molecule has 0 spiro atoms. The molecule has 6 heteroatoms. The zero-order chi connectivity index (χ0) is 12.0. The lowest BCUT2D eigenvalue weighted by atomic mass is 9.96. The Bertz CT molecular complexity index is 505. The van der Waals surface area contributed by atoms with Crippen LogP contribution in [0.2, 0.25) is 0 Å². The average Bonchev–Trinajstić information content (AvgIpc) is 2.77. The number of para-hydroxylation sites is 1. The first-order valence-corrected chi connectivity index (χ1v) is 6.15. The van der Waals surface area contributed by atoms with E-state index >= 15 is 0 Å². The molecular formula is C11H10N2O3S. The standard InChI is InChI=1S/C11H10N2O3S/c14-9-7(8-10(15)13-11(16)17-8)5-3-1-2-4-6(5)12-9/h1-4,7-8,11,16H,(H,12,14)(H,13,15). The molecule has 17 heavy (non-hydrogen) atoms. The van der Waals surface area contributed by atoms with Crippen molar-refractivity contribution in [3.05, 3.63) is 29.8 Å². The number of anilines is 1. The third-order valence-corrected chi connectivity index (χ3v) is 4.09. The van der Waals surface area contributed by atoms with E-state index in [1.54, 1.807) is 6.07 Å². The van der Waals surface area contributed by atoms with Crippen LogP contribution in [0.25, 0.3) is 0 Å². The van der Waals surface area contributed by atoms with Crippen molar-refractivity contribution in [2.24, 2.45) is 0 Å². The minimum atomic E-state index is -0.923. The summed E-state index contributed by atoms with van der Waals surface area (Å²) in [5.41, 5.74) is 0.643. The van der Waals surface area contributed by atoms with Crippen LogP contribution in [0.5, 0.6) is 0 Å². The molecule has 0 bridgehead atoms. The maximum absolute atomic E-state index is 11.9. The van der Waals surface area contributed by atoms with Crippen molar-refractivity contribution < 1.29 is 14.7 Å². The van der Waals surface area contributed by atoms with Crippen molar-refractivity contribution in [2.45, 2.75) is 16.7 Å². The first-order chi connectivity index (χ1) is 8.16. The molecule has 0 radical (unpaired) electrons. The number of amides is 2. The van der Waals surface area contributed by atoms with Crippen molar-refractivity contribution >= 4 is 29.3 Å². The molecule has 5 nitrogen and oxygen atoms in total. The predicted octanol–water partition coefficient (Wildman–Crippen LogP) is 0.230. The Morgan fingerprint density at radius 3 is 2.65 bits per heavy atom. The van der Waals surface area contributed by atoms with Gasteiger partial charge in [0.05, 0.1) is 5.92 Å². The smallest absolute Gasteiger partial charge is 0.237 e. The van der Waals surface area contributed by atoms with Gasteiger partial charge in [0.15, 0.2) is 5.56 Å². The van der Waals surface area contributed by atoms with Crippen LogP contribution in [0, 0.1) is 0 Å². The number of carbonyl (C=O) groups is 2. The molecule has 3 rings (SSSR count). The summed E-state index contributed by atoms with van der Waals surface area (Å²) in [5, 5.41) is 13.9. The Labute approximate surface area is 102 Å². The van der Waals surface area contributed by atoms with Gasteiger partial charge in [0.1, 0.15) is 5.25 Å². The quantitative estimate of drug-likeness (QED) is 0.666. The van der Waals surface area contributed by atoms with E-state index in [0.717, 1.165) is 23.0 Å². The van der Waals surface area contributed by atoms with E-state index in [1.807, 2.05) is 18.2 Å². The van der Waals surface area contributed by atoms with Crippen molar-refractivity contribution in [2.75, 3.05) is 5.32 Å². The number of aliphatic hydroxyl groups excluding tert-OH is 1. The normalized spacial score (nSPS) is 31.0. The van der Waals surface area contributed by atoms with Crippen LogP contribution in [0.15, 0.2) is 24.3 Å². The van der Waals surface area contributed by atoms with Gasteiger partial charge in [-0.3, -0.25) is 9.59 Å². The second-order valence-corrected chi connectivity index (χ2v) is 5.20. The fraction of sp³-hybridized carbons (Fsp3) is 0.273. The largest absolute Gasteiger partial charge is 0.365 e. The lowest BCUT2D eigenvalue weighted by Crippen LogP contribution is -2.32. The summed E-state index contributed by atoms with van der Waals surface area (Å²) in [6.45, 7) is 0. The van der Waals surface area contributed by atoms with E-state index < -0.39 is 16.7 Å². The second-order valence-electron chi connectivity index (χ2n) is 3.97. The molecular weight excluding hydrogens is 240 g/mol. The first kappa shape index (κ1) is 10.6. The third-order valence-electron chi connectivity index (χ3n) is 2.94. The van der Waals surface area contributed by atoms with E-state index in [9.17, 15) is 14.7 Å². The van der Waals surface area contributed by atoms with Gasteiger partial charge in [0.2, 0.25) is 11.8 Å². The molecule has 88 valence electrons. The van der Waals surface area contributed by atoms with Crippen LogP contribution in [0.4, 0.5) is 5.69 Å². The van der Waals surface area contributed by atoms with E-state index in [2.05, 4.69) is 10.6 Å². The lowest BCUT2D eigenvalue weighted by molar-refractivity contribution is -0.124. The fourth-order valence-corrected chi connectivity index (χ4v) is 3.28. The van der Waals surface area contributed by atoms with Gasteiger partial charge in [-0.25, -0.2) is 0 Å². The van der Waals surface area contributed by atoms with E-state index in [4.69, 9.17) is 0 Å². The fourth-order valence-electron chi connectivity index (χ4n) is 2.20. The Morgan fingerprint density at radius 2 is 1.94 bits per heavy atom. The number of hydrogen-bond acceptors (Lipinski definition) is 4. The highest BCUT2D eigenvalue weighted by molar-refractivity contribution is 8.01. The van der Waals surface area contributed by atoms with Crippen molar-refractivity contribution in [3.8, 4) is 0 Å². The zero-order valence-corrected chi connectivity index (χ0v) is 9.53. The molecule has 1 aromatic rings. The highest BCUT2D eigenvalue weighted by Gasteiger charge is 2.45. The van der Waals surface area contributed by atoms with Crippen LogP contribution >= 0.6 is 11.8 Å². The summed E-state index contributed by atoms with van der Waals surface area (Å²) < 4.78 is 0. The predicted molar refractivity (Wildman–Crippen MR) is 63.3 cm³/mol. The second kappa shape index (κ2) is 3.75. The van der Waals surface area contributed by atoms with Crippen molar-refractivity contribution in [1.29, 1.82) is 0 Å². The highest BCUT2D eigenvalue weighted by atomic mass is 32.2. The molecule has 3 N–H and O–H groups in total. The minimum absolute atomic E-state index is 0.187. The molecule has 2 heterocycles. The molecule has 1 saturated heterocycles. The number of rotatable bonds is 1. The number of hydrogen-bond donors (Lipinski definition) is 3. The van der Waals surface area contributed by atoms with E-state index in [0.29, 0.717) is 0 Å². The summed E-state index contributed by atoms with van der Waals surface area (Å²) in [7, 11) is 0. The molecule has 0 aliphatic carbocycles. The average molecular weight is 250 g/mol. The summed E-state index contributed by atoms with van der Waals surface area (Å²) in [4.78, 5) is 23.5. The number of thioether (sulfide) groups is 1. The van der Waals surface area contributed by atoms with Crippen LogP contribution in [-0.2, 0) is 9.59 Å². The molecule has 2 aliphatic heterocycles. The summed E-state index contributed by atoms with van der Waals surface area (Å²) in [5.74, 6) is -0.999. The SMILES string of the molecule is O=C1NC(O)SC1C1C(=O)Nc2ccccc21. The van der Waals surface area contributed by atoms with Gasteiger partial charge < -0.3 is 15.7 Å². The number of benzene rings is 1. The van der Waals surface area contributed by atoms with Gasteiger partial charge in [-0.2, -0.15) is 0 Å². The van der Waals surface area contributed by atoms with Crippen LogP contribution in [0.1, 0.15) is 11.5 Å². The van der Waals surface area contributed by atoms with Crippen LogP contribution in [0.3, 0.4) is 0 Å². The number of aliphatic hydroxyl groups is 1. The van der Waals surface area contributed by atoms with Gasteiger partial charge in [0.25, 0.3) is 0 Å². The van der Waals surface area contributed by atoms with E-state index in [1.165, 1.54) is 0 Å². The maximum atomic E-state index is 11.9. The molecule has 1 fully saturated rings. The van der Waals surface area contributed by atoms with Gasteiger partial charge in [-0.1, -0.05) is 30.0 Å². The molecule has 3 atom stereocenters. The topological polar surface area (TPSA) is 78.4 Å². The van der Waals surface area contributed by atoms with Gasteiger partial charge in [-0.15, -0.1) is 0 Å². The number of fused-ring (bicyclic) bond motifs is 1. The lowest BCUT2D eigenvalue weighted by Gasteiger charge is -2.13. The van der Waals surface area contributed by atoms with Crippen LogP contribution in [-0.4, -0.2) is 27.7 Å². The summed E-state index contributed by atoms with van der Waals surface area (Å²) >= 11 is 1.07. The zero-order valence-electron chi connectivity index (χ0n) is 8.71. The van der Waals surface area contributed by atoms with Gasteiger partial charge >= 0.3 is 0 Å². The Hall–Kier alpha value is -1.53. The molecule has 0 aromatic heterocycles.